The number of hydrogen-bond donors (Lipinski definition) is 2. The van der Waals surface area contributed by atoms with Crippen LogP contribution in [0.3, 0.4) is 0 Å². The minimum Gasteiger partial charge on any atom is -0.495 e. The summed E-state index contributed by atoms with van der Waals surface area (Å²) in [4.78, 5) is 24.4. The summed E-state index contributed by atoms with van der Waals surface area (Å²) in [5.41, 5.74) is 6.88. The molecular weight excluding hydrogens is 356 g/mol. The number of rotatable bonds is 8. The Balaban J connectivity index is 2.13. The van der Waals surface area contributed by atoms with Crippen LogP contribution in [-0.2, 0) is 20.7 Å². The lowest BCUT2D eigenvalue weighted by molar-refractivity contribution is -0.134. The Labute approximate surface area is 157 Å². The van der Waals surface area contributed by atoms with E-state index < -0.39 is 24.0 Å². The summed E-state index contributed by atoms with van der Waals surface area (Å²) in [6.07, 6.45) is -0.631. The van der Waals surface area contributed by atoms with Gasteiger partial charge in [0.2, 0.25) is 5.91 Å². The average molecular weight is 377 g/mol. The molecule has 0 radical (unpaired) electrons. The van der Waals surface area contributed by atoms with Gasteiger partial charge in [0.25, 0.3) is 5.91 Å². The van der Waals surface area contributed by atoms with Gasteiger partial charge in [0, 0.05) is 13.5 Å². The number of nitrogens with one attached hydrogen (secondary N) is 1. The number of carbonyl (C=O) groups excluding carboxylic acids is 2. The molecule has 6 nitrogen and oxygen atoms in total. The Hall–Kier alpha value is -2.57. The van der Waals surface area contributed by atoms with Crippen molar-refractivity contribution in [2.45, 2.75) is 18.6 Å². The van der Waals surface area contributed by atoms with Crippen LogP contribution >= 0.6 is 11.6 Å². The fraction of sp³-hybridized carbons (Fsp3) is 0.263. The van der Waals surface area contributed by atoms with Gasteiger partial charge in [-0.2, -0.15) is 0 Å². The topological polar surface area (TPSA) is 90.7 Å². The molecule has 26 heavy (non-hydrogen) atoms. The molecule has 0 spiro atoms. The molecule has 0 aliphatic heterocycles. The first-order valence-electron chi connectivity index (χ1n) is 7.96. The molecule has 7 heteroatoms. The summed E-state index contributed by atoms with van der Waals surface area (Å²) in [7, 11) is 2.95. The molecule has 0 aliphatic rings. The van der Waals surface area contributed by atoms with E-state index in [9.17, 15) is 9.59 Å². The smallest absolute Gasteiger partial charge is 0.254 e. The molecule has 3 N–H and O–H groups in total. The highest BCUT2D eigenvalue weighted by atomic mass is 35.5. The molecule has 2 rings (SSSR count). The minimum absolute atomic E-state index is 0.204. The van der Waals surface area contributed by atoms with Crippen LogP contribution in [0.15, 0.2) is 48.5 Å². The van der Waals surface area contributed by atoms with Gasteiger partial charge in [0.15, 0.2) is 6.10 Å². The number of benzene rings is 2. The molecule has 2 aromatic rings. The van der Waals surface area contributed by atoms with E-state index in [1.807, 2.05) is 6.07 Å². The first kappa shape index (κ1) is 19.8. The fourth-order valence-electron chi connectivity index (χ4n) is 2.57. The molecule has 138 valence electrons. The van der Waals surface area contributed by atoms with Gasteiger partial charge < -0.3 is 20.5 Å². The SMILES string of the molecule is COc1ccc(C[C@@H](NC(=O)[C@H](OC)c2ccccc2)C(N)=O)cc1Cl. The van der Waals surface area contributed by atoms with Crippen molar-refractivity contribution in [2.75, 3.05) is 14.2 Å². The van der Waals surface area contributed by atoms with Crippen LogP contribution in [0, 0.1) is 0 Å². The van der Waals surface area contributed by atoms with Crippen LogP contribution in [0.1, 0.15) is 17.2 Å². The summed E-state index contributed by atoms with van der Waals surface area (Å²) in [5, 5.41) is 3.07. The molecule has 0 saturated heterocycles. The summed E-state index contributed by atoms with van der Waals surface area (Å²) in [6.45, 7) is 0. The van der Waals surface area contributed by atoms with E-state index in [0.29, 0.717) is 16.3 Å². The second-order valence-corrected chi connectivity index (χ2v) is 6.07. The highest BCUT2D eigenvalue weighted by molar-refractivity contribution is 6.32. The third-order valence-electron chi connectivity index (χ3n) is 3.89. The lowest BCUT2D eigenvalue weighted by atomic mass is 10.0. The van der Waals surface area contributed by atoms with E-state index in [-0.39, 0.29) is 6.42 Å². The first-order chi connectivity index (χ1) is 12.5. The van der Waals surface area contributed by atoms with Gasteiger partial charge in [0.1, 0.15) is 11.8 Å². The van der Waals surface area contributed by atoms with Crippen molar-refractivity contribution in [3.63, 3.8) is 0 Å². The lowest BCUT2D eigenvalue weighted by Gasteiger charge is -2.20. The number of hydrogen-bond acceptors (Lipinski definition) is 4. The second-order valence-electron chi connectivity index (χ2n) is 5.66. The van der Waals surface area contributed by atoms with Crippen molar-refractivity contribution in [3.05, 3.63) is 64.7 Å². The van der Waals surface area contributed by atoms with Crippen LogP contribution in [0.5, 0.6) is 5.75 Å². The molecule has 2 atom stereocenters. The minimum atomic E-state index is -0.895. The number of amides is 2. The van der Waals surface area contributed by atoms with Crippen molar-refractivity contribution in [1.29, 1.82) is 0 Å². The van der Waals surface area contributed by atoms with E-state index in [1.54, 1.807) is 42.5 Å². The Kier molecular flexibility index (Phi) is 7.00. The van der Waals surface area contributed by atoms with Crippen molar-refractivity contribution >= 4 is 23.4 Å². The van der Waals surface area contributed by atoms with Crippen LogP contribution in [0.25, 0.3) is 0 Å². The van der Waals surface area contributed by atoms with Crippen molar-refractivity contribution < 1.29 is 19.1 Å². The molecule has 0 aliphatic carbocycles. The first-order valence-corrected chi connectivity index (χ1v) is 8.34. The number of halogens is 1. The average Bonchev–Trinajstić information content (AvgIpc) is 2.63. The van der Waals surface area contributed by atoms with Gasteiger partial charge in [-0.05, 0) is 23.3 Å². The van der Waals surface area contributed by atoms with E-state index in [0.717, 1.165) is 5.56 Å². The molecule has 2 amide bonds. The van der Waals surface area contributed by atoms with Gasteiger partial charge in [-0.25, -0.2) is 0 Å². The van der Waals surface area contributed by atoms with Crippen LogP contribution in [-0.4, -0.2) is 32.1 Å². The molecular formula is C19H21ClN2O4. The van der Waals surface area contributed by atoms with Crippen LogP contribution in [0.2, 0.25) is 5.02 Å². The maximum atomic E-state index is 12.6. The van der Waals surface area contributed by atoms with Crippen LogP contribution in [0.4, 0.5) is 0 Å². The molecule has 0 saturated carbocycles. The van der Waals surface area contributed by atoms with Crippen molar-refractivity contribution in [1.82, 2.24) is 5.32 Å². The molecule has 0 bridgehead atoms. The Bertz CT molecular complexity index is 767. The van der Waals surface area contributed by atoms with Crippen molar-refractivity contribution in [3.8, 4) is 5.75 Å². The van der Waals surface area contributed by atoms with Gasteiger partial charge in [-0.15, -0.1) is 0 Å². The molecule has 0 fully saturated rings. The number of carbonyl (C=O) groups is 2. The second kappa shape index (κ2) is 9.22. The van der Waals surface area contributed by atoms with E-state index in [1.165, 1.54) is 14.2 Å². The van der Waals surface area contributed by atoms with Gasteiger partial charge in [-0.1, -0.05) is 48.0 Å². The van der Waals surface area contributed by atoms with E-state index >= 15 is 0 Å². The normalized spacial score (nSPS) is 12.9. The number of primary amides is 1. The summed E-state index contributed by atoms with van der Waals surface area (Å²) < 4.78 is 10.4. The zero-order chi connectivity index (χ0) is 19.1. The number of ether oxygens (including phenoxy) is 2. The molecule has 2 aromatic carbocycles. The Morgan fingerprint density at radius 2 is 1.85 bits per heavy atom. The summed E-state index contributed by atoms with van der Waals surface area (Å²) in [6, 6.07) is 13.2. The molecule has 0 aromatic heterocycles. The number of methoxy groups -OCH3 is 2. The van der Waals surface area contributed by atoms with Gasteiger partial charge in [0.05, 0.1) is 12.1 Å². The highest BCUT2D eigenvalue weighted by Crippen LogP contribution is 2.25. The third kappa shape index (κ3) is 4.97. The summed E-state index contributed by atoms with van der Waals surface area (Å²) in [5.74, 6) is -0.561. The molecule has 0 heterocycles. The monoisotopic (exact) mass is 376 g/mol. The van der Waals surface area contributed by atoms with E-state index in [2.05, 4.69) is 5.32 Å². The predicted molar refractivity (Wildman–Crippen MR) is 99.0 cm³/mol. The maximum Gasteiger partial charge on any atom is 0.254 e. The third-order valence-corrected chi connectivity index (χ3v) is 4.19. The van der Waals surface area contributed by atoms with Crippen LogP contribution < -0.4 is 15.8 Å². The zero-order valence-electron chi connectivity index (χ0n) is 14.6. The van der Waals surface area contributed by atoms with Gasteiger partial charge >= 0.3 is 0 Å². The van der Waals surface area contributed by atoms with Crippen molar-refractivity contribution in [2.24, 2.45) is 5.73 Å². The van der Waals surface area contributed by atoms with Gasteiger partial charge in [-0.3, -0.25) is 9.59 Å². The zero-order valence-corrected chi connectivity index (χ0v) is 15.3. The maximum absolute atomic E-state index is 12.6. The Morgan fingerprint density at radius 3 is 2.38 bits per heavy atom. The lowest BCUT2D eigenvalue weighted by Crippen LogP contribution is -2.47. The van der Waals surface area contributed by atoms with E-state index in [4.69, 9.17) is 26.8 Å². The quantitative estimate of drug-likeness (QED) is 0.739. The summed E-state index contributed by atoms with van der Waals surface area (Å²) >= 11 is 6.10. The largest absolute Gasteiger partial charge is 0.495 e. The Morgan fingerprint density at radius 1 is 1.15 bits per heavy atom. The number of nitrogens with two attached hydrogens (primary N) is 1. The fourth-order valence-corrected chi connectivity index (χ4v) is 2.85. The molecule has 0 unspecified atom stereocenters. The predicted octanol–water partition coefficient (Wildman–Crippen LogP) is 2.25. The highest BCUT2D eigenvalue weighted by Gasteiger charge is 2.25. The standard InChI is InChI=1S/C19H21ClN2O4/c1-25-16-9-8-12(10-14(16)20)11-15(18(21)23)22-19(24)17(26-2)13-6-4-3-5-7-13/h3-10,15,17H,11H2,1-2H3,(H2,21,23)(H,22,24)/t15-,17-/m1/s1.